The number of alkyl halides is 3. The van der Waals surface area contributed by atoms with Crippen LogP contribution in [0.1, 0.15) is 48.6 Å². The first kappa shape index (κ1) is 27.2. The second kappa shape index (κ2) is 10.3. The number of nitrogens with one attached hydrogen (secondary N) is 1. The van der Waals surface area contributed by atoms with Gasteiger partial charge < -0.3 is 10.0 Å². The van der Waals surface area contributed by atoms with Gasteiger partial charge in [0.15, 0.2) is 0 Å². The number of nitrogens with zero attached hydrogens (tertiary/aromatic N) is 2. The summed E-state index contributed by atoms with van der Waals surface area (Å²) in [6.45, 7) is 2.70. The molecule has 0 spiro atoms. The van der Waals surface area contributed by atoms with Crippen molar-refractivity contribution >= 4 is 50.5 Å². The summed E-state index contributed by atoms with van der Waals surface area (Å²) < 4.78 is 65.1. The van der Waals surface area contributed by atoms with Crippen LogP contribution in [0.5, 0.6) is 0 Å². The number of carbonyl (C=O) groups excluding carboxylic acids is 1. The highest BCUT2D eigenvalue weighted by Gasteiger charge is 2.39. The van der Waals surface area contributed by atoms with Gasteiger partial charge in [0.05, 0.1) is 21.5 Å². The molecule has 3 rings (SSSR count). The largest absolute Gasteiger partial charge is 0.404 e. The molecule has 7 nitrogen and oxygen atoms in total. The van der Waals surface area contributed by atoms with Crippen LogP contribution in [0.25, 0.3) is 10.4 Å². The van der Waals surface area contributed by atoms with Gasteiger partial charge in [0.1, 0.15) is 21.6 Å². The summed E-state index contributed by atoms with van der Waals surface area (Å²) in [5.41, 5.74) is 0.222. The zero-order valence-electron chi connectivity index (χ0n) is 18.1. The summed E-state index contributed by atoms with van der Waals surface area (Å²) in [6.07, 6.45) is -2.13. The number of rotatable bonds is 6. The van der Waals surface area contributed by atoms with Crippen LogP contribution in [0.3, 0.4) is 0 Å². The molecule has 1 saturated heterocycles. The van der Waals surface area contributed by atoms with Gasteiger partial charge in [-0.2, -0.15) is 17.9 Å². The number of sulfonamides is 1. The Morgan fingerprint density at radius 2 is 2.00 bits per heavy atom. The van der Waals surface area contributed by atoms with E-state index in [-0.39, 0.29) is 38.1 Å². The summed E-state index contributed by atoms with van der Waals surface area (Å²) in [5, 5.41) is 9.06. The molecular formula is C20H22Cl2F3N3O4S2. The zero-order valence-corrected chi connectivity index (χ0v) is 21.3. The number of aromatic nitrogens is 1. The van der Waals surface area contributed by atoms with Crippen molar-refractivity contribution in [2.75, 3.05) is 6.54 Å². The molecule has 34 heavy (non-hydrogen) atoms. The second-order valence-corrected chi connectivity index (χ2v) is 11.4. The van der Waals surface area contributed by atoms with Crippen molar-refractivity contribution in [3.8, 4) is 10.4 Å². The summed E-state index contributed by atoms with van der Waals surface area (Å²) in [7, 11) is -4.66. The zero-order chi connectivity index (χ0) is 25.4. The summed E-state index contributed by atoms with van der Waals surface area (Å²) in [5.74, 6) is -0.359. The minimum absolute atomic E-state index is 0.0124. The van der Waals surface area contributed by atoms with Gasteiger partial charge in [-0.3, -0.25) is 4.79 Å². The van der Waals surface area contributed by atoms with Gasteiger partial charge in [-0.1, -0.05) is 29.3 Å². The molecule has 1 aromatic heterocycles. The molecule has 1 aliphatic rings. The average molecular weight is 560 g/mol. The normalized spacial score (nSPS) is 18.2. The number of hydrogen-bond acceptors (Lipinski definition) is 6. The third-order valence-electron chi connectivity index (χ3n) is 5.48. The van der Waals surface area contributed by atoms with Gasteiger partial charge in [-0.05, 0) is 39.2 Å². The van der Waals surface area contributed by atoms with Crippen molar-refractivity contribution in [2.45, 2.75) is 62.9 Å². The van der Waals surface area contributed by atoms with Gasteiger partial charge in [-0.15, -0.1) is 11.3 Å². The van der Waals surface area contributed by atoms with E-state index in [0.717, 1.165) is 36.7 Å². The molecule has 1 amide bonds. The SMILES string of the molecule is C[C@H](NS(=O)(=O)c1ccc(-c2sc(CO)nc2C(=O)N2CCCC[C@@H]2C)c(Cl)c1Cl)C(F)(F)F. The van der Waals surface area contributed by atoms with E-state index in [4.69, 9.17) is 23.2 Å². The Morgan fingerprint density at radius 3 is 2.59 bits per heavy atom. The molecule has 1 aromatic carbocycles. The van der Waals surface area contributed by atoms with E-state index in [2.05, 4.69) is 4.98 Å². The molecule has 0 radical (unpaired) electrons. The van der Waals surface area contributed by atoms with Crippen LogP contribution < -0.4 is 4.72 Å². The lowest BCUT2D eigenvalue weighted by atomic mass is 10.0. The quantitative estimate of drug-likeness (QED) is 0.526. The van der Waals surface area contributed by atoms with E-state index in [9.17, 15) is 31.5 Å². The average Bonchev–Trinajstić information content (AvgIpc) is 3.18. The first-order valence-electron chi connectivity index (χ1n) is 10.3. The van der Waals surface area contributed by atoms with E-state index < -0.39 is 38.8 Å². The predicted octanol–water partition coefficient (Wildman–Crippen LogP) is 4.85. The number of aliphatic hydroxyl groups excluding tert-OH is 1. The lowest BCUT2D eigenvalue weighted by Gasteiger charge is -2.33. The standard InChI is InChI=1S/C20H22Cl2F3N3O4S2/c1-10-5-3-4-8-28(10)19(30)17-18(33-14(9-29)26-17)12-6-7-13(16(22)15(12)21)34(31,32)27-11(2)20(23,24)25/h6-7,10-11,27,29H,3-5,8-9H2,1-2H3/t10-,11-/m0/s1. The Kier molecular flexibility index (Phi) is 8.21. The Balaban J connectivity index is 2.04. The van der Waals surface area contributed by atoms with Crippen molar-refractivity contribution in [1.29, 1.82) is 0 Å². The van der Waals surface area contributed by atoms with Crippen LogP contribution in [0.2, 0.25) is 10.0 Å². The van der Waals surface area contributed by atoms with Crippen LogP contribution >= 0.6 is 34.5 Å². The highest BCUT2D eigenvalue weighted by atomic mass is 35.5. The number of halogens is 5. The molecule has 2 aromatic rings. The fourth-order valence-electron chi connectivity index (χ4n) is 3.57. The van der Waals surface area contributed by atoms with Gasteiger partial charge >= 0.3 is 6.18 Å². The van der Waals surface area contributed by atoms with Gasteiger partial charge in [0.25, 0.3) is 5.91 Å². The molecule has 1 fully saturated rings. The highest BCUT2D eigenvalue weighted by molar-refractivity contribution is 7.89. The first-order valence-corrected chi connectivity index (χ1v) is 13.3. The van der Waals surface area contributed by atoms with Gasteiger partial charge in [-0.25, -0.2) is 13.4 Å². The molecule has 0 bridgehead atoms. The lowest BCUT2D eigenvalue weighted by molar-refractivity contribution is -0.147. The first-order chi connectivity index (χ1) is 15.8. The predicted molar refractivity (Wildman–Crippen MR) is 124 cm³/mol. The minimum Gasteiger partial charge on any atom is -0.389 e. The van der Waals surface area contributed by atoms with Gasteiger partial charge in [0.2, 0.25) is 10.0 Å². The molecular weight excluding hydrogens is 538 g/mol. The number of aliphatic hydroxyl groups is 1. The monoisotopic (exact) mass is 559 g/mol. The molecule has 1 aliphatic heterocycles. The van der Waals surface area contributed by atoms with E-state index >= 15 is 0 Å². The number of thiazole rings is 1. The van der Waals surface area contributed by atoms with Crippen LogP contribution in [-0.2, 0) is 16.6 Å². The lowest BCUT2D eigenvalue weighted by Crippen LogP contribution is -2.43. The van der Waals surface area contributed by atoms with Crippen molar-refractivity contribution < 1.29 is 31.5 Å². The summed E-state index contributed by atoms with van der Waals surface area (Å²) in [4.78, 5) is 18.8. The fraction of sp³-hybridized carbons (Fsp3) is 0.500. The van der Waals surface area contributed by atoms with Crippen LogP contribution in [0, 0.1) is 0 Å². The molecule has 2 N–H and O–H groups in total. The number of amides is 1. The number of hydrogen-bond donors (Lipinski definition) is 2. The van der Waals surface area contributed by atoms with E-state index in [1.807, 2.05) is 6.92 Å². The number of benzene rings is 1. The maximum Gasteiger partial charge on any atom is 0.404 e. The number of likely N-dealkylation sites (tertiary alicyclic amines) is 1. The molecule has 0 aliphatic carbocycles. The Labute approximate surface area is 208 Å². The van der Waals surface area contributed by atoms with E-state index in [1.54, 1.807) is 4.90 Å². The third-order valence-corrected chi connectivity index (χ3v) is 9.13. The number of piperidine rings is 1. The summed E-state index contributed by atoms with van der Waals surface area (Å²) in [6, 6.07) is -0.0879. The summed E-state index contributed by atoms with van der Waals surface area (Å²) >= 11 is 13.5. The molecule has 0 saturated carbocycles. The Bertz CT molecular complexity index is 1190. The highest BCUT2D eigenvalue weighted by Crippen LogP contribution is 2.42. The minimum atomic E-state index is -4.80. The van der Waals surface area contributed by atoms with Crippen molar-refractivity contribution in [2.24, 2.45) is 0 Å². The van der Waals surface area contributed by atoms with Crippen molar-refractivity contribution in [1.82, 2.24) is 14.6 Å². The maximum absolute atomic E-state index is 13.3. The van der Waals surface area contributed by atoms with Crippen LogP contribution in [0.15, 0.2) is 17.0 Å². The van der Waals surface area contributed by atoms with Crippen LogP contribution in [-0.4, -0.2) is 54.1 Å². The topological polar surface area (TPSA) is 99.6 Å². The molecule has 2 atom stereocenters. The van der Waals surface area contributed by atoms with Crippen molar-refractivity contribution in [3.63, 3.8) is 0 Å². The van der Waals surface area contributed by atoms with E-state index in [0.29, 0.717) is 13.5 Å². The van der Waals surface area contributed by atoms with Crippen molar-refractivity contribution in [3.05, 3.63) is 32.9 Å². The van der Waals surface area contributed by atoms with E-state index in [1.165, 1.54) is 10.8 Å². The molecule has 0 unspecified atom stereocenters. The molecule has 188 valence electrons. The third kappa shape index (κ3) is 5.52. The smallest absolute Gasteiger partial charge is 0.389 e. The Morgan fingerprint density at radius 1 is 1.32 bits per heavy atom. The maximum atomic E-state index is 13.3. The fourth-order valence-corrected chi connectivity index (χ4v) is 6.67. The number of carbonyl (C=O) groups is 1. The Hall–Kier alpha value is -1.44. The molecule has 2 heterocycles. The molecule has 14 heteroatoms. The van der Waals surface area contributed by atoms with Gasteiger partial charge in [0, 0.05) is 18.2 Å². The van der Waals surface area contributed by atoms with Crippen LogP contribution in [0.4, 0.5) is 13.2 Å². The second-order valence-electron chi connectivity index (χ2n) is 7.91.